The van der Waals surface area contributed by atoms with Crippen LogP contribution in [0.3, 0.4) is 0 Å². The highest BCUT2D eigenvalue weighted by Gasteiger charge is 2.30. The highest BCUT2D eigenvalue weighted by Crippen LogP contribution is 2.29. The third-order valence-corrected chi connectivity index (χ3v) is 3.12. The Labute approximate surface area is 116 Å². The lowest BCUT2D eigenvalue weighted by molar-refractivity contribution is -0.137. The van der Waals surface area contributed by atoms with Gasteiger partial charge in [-0.2, -0.15) is 13.2 Å². The molecule has 1 nitrogen and oxygen atoms in total. The summed E-state index contributed by atoms with van der Waals surface area (Å²) in [7, 11) is 0. The molecule has 0 aliphatic carbocycles. The number of benzene rings is 2. The Morgan fingerprint density at radius 2 is 1.75 bits per heavy atom. The van der Waals surface area contributed by atoms with Gasteiger partial charge >= 0.3 is 6.18 Å². The number of alkyl halides is 3. The largest absolute Gasteiger partial charge is 0.416 e. The maximum atomic E-state index is 12.6. The first-order valence-corrected chi connectivity index (χ1v) is 6.33. The summed E-state index contributed by atoms with van der Waals surface area (Å²) in [4.78, 5) is 0. The van der Waals surface area contributed by atoms with Crippen molar-refractivity contribution in [2.75, 3.05) is 5.32 Å². The van der Waals surface area contributed by atoms with E-state index in [1.54, 1.807) is 6.07 Å². The molecule has 0 saturated carbocycles. The molecule has 0 amide bonds. The predicted octanol–water partition coefficient (Wildman–Crippen LogP) is 4.93. The van der Waals surface area contributed by atoms with Crippen LogP contribution in [0.25, 0.3) is 0 Å². The van der Waals surface area contributed by atoms with E-state index in [-0.39, 0.29) is 0 Å². The number of aryl methyl sites for hydroxylation is 2. The van der Waals surface area contributed by atoms with E-state index in [0.717, 1.165) is 22.9 Å². The molecule has 2 aromatic rings. The molecule has 0 atom stereocenters. The molecule has 0 fully saturated rings. The zero-order chi connectivity index (χ0) is 14.8. The van der Waals surface area contributed by atoms with Gasteiger partial charge in [-0.1, -0.05) is 29.8 Å². The SMILES string of the molecule is Cc1ccc(NCc2cccc(C(F)(F)F)c2)c(C)c1. The fourth-order valence-corrected chi connectivity index (χ4v) is 2.07. The molecule has 1 N–H and O–H groups in total. The number of halogens is 3. The van der Waals surface area contributed by atoms with Crippen molar-refractivity contribution in [3.05, 3.63) is 64.7 Å². The summed E-state index contributed by atoms with van der Waals surface area (Å²) in [5, 5.41) is 3.17. The van der Waals surface area contributed by atoms with E-state index in [1.807, 2.05) is 32.0 Å². The lowest BCUT2D eigenvalue weighted by Crippen LogP contribution is -2.07. The summed E-state index contributed by atoms with van der Waals surface area (Å²) < 4.78 is 37.9. The van der Waals surface area contributed by atoms with E-state index < -0.39 is 11.7 Å². The molecule has 4 heteroatoms. The van der Waals surface area contributed by atoms with Crippen molar-refractivity contribution in [1.29, 1.82) is 0 Å². The first-order chi connectivity index (χ1) is 9.36. The van der Waals surface area contributed by atoms with Crippen LogP contribution in [0.5, 0.6) is 0 Å². The van der Waals surface area contributed by atoms with E-state index in [0.29, 0.717) is 12.1 Å². The summed E-state index contributed by atoms with van der Waals surface area (Å²) in [6.07, 6.45) is -4.30. The average Bonchev–Trinajstić information content (AvgIpc) is 2.37. The van der Waals surface area contributed by atoms with Crippen molar-refractivity contribution in [3.63, 3.8) is 0 Å². The second kappa shape index (κ2) is 5.57. The van der Waals surface area contributed by atoms with Gasteiger partial charge in [-0.05, 0) is 43.2 Å². The highest BCUT2D eigenvalue weighted by atomic mass is 19.4. The van der Waals surface area contributed by atoms with Crippen molar-refractivity contribution in [3.8, 4) is 0 Å². The number of anilines is 1. The lowest BCUT2D eigenvalue weighted by atomic mass is 10.1. The van der Waals surface area contributed by atoms with E-state index in [4.69, 9.17) is 0 Å². The van der Waals surface area contributed by atoms with Crippen molar-refractivity contribution < 1.29 is 13.2 Å². The number of rotatable bonds is 3. The quantitative estimate of drug-likeness (QED) is 0.839. The molecular formula is C16H16F3N. The van der Waals surface area contributed by atoms with Gasteiger partial charge < -0.3 is 5.32 Å². The maximum absolute atomic E-state index is 12.6. The zero-order valence-electron chi connectivity index (χ0n) is 11.4. The molecule has 2 rings (SSSR count). The van der Waals surface area contributed by atoms with Crippen LogP contribution < -0.4 is 5.32 Å². The number of hydrogen-bond donors (Lipinski definition) is 1. The molecule has 20 heavy (non-hydrogen) atoms. The van der Waals surface area contributed by atoms with Gasteiger partial charge in [-0.25, -0.2) is 0 Å². The monoisotopic (exact) mass is 279 g/mol. The highest BCUT2D eigenvalue weighted by molar-refractivity contribution is 5.52. The predicted molar refractivity (Wildman–Crippen MR) is 74.7 cm³/mol. The summed E-state index contributed by atoms with van der Waals surface area (Å²) in [5.41, 5.74) is 3.18. The molecule has 0 aliphatic rings. The first-order valence-electron chi connectivity index (χ1n) is 6.33. The number of hydrogen-bond acceptors (Lipinski definition) is 1. The Bertz CT molecular complexity index is 603. The molecule has 0 heterocycles. The van der Waals surface area contributed by atoms with Crippen LogP contribution in [0.4, 0.5) is 18.9 Å². The average molecular weight is 279 g/mol. The van der Waals surface area contributed by atoms with E-state index in [1.165, 1.54) is 12.1 Å². The molecular weight excluding hydrogens is 263 g/mol. The van der Waals surface area contributed by atoms with Crippen LogP contribution in [-0.2, 0) is 12.7 Å². The van der Waals surface area contributed by atoms with Gasteiger partial charge in [-0.3, -0.25) is 0 Å². The third kappa shape index (κ3) is 3.53. The Balaban J connectivity index is 2.11. The smallest absolute Gasteiger partial charge is 0.381 e. The van der Waals surface area contributed by atoms with Gasteiger partial charge in [0.15, 0.2) is 0 Å². The Kier molecular flexibility index (Phi) is 4.02. The molecule has 0 bridgehead atoms. The van der Waals surface area contributed by atoms with E-state index >= 15 is 0 Å². The van der Waals surface area contributed by atoms with Crippen molar-refractivity contribution in [1.82, 2.24) is 0 Å². The Morgan fingerprint density at radius 3 is 2.40 bits per heavy atom. The first kappa shape index (κ1) is 14.4. The van der Waals surface area contributed by atoms with Crippen LogP contribution in [0, 0.1) is 13.8 Å². The second-order valence-electron chi connectivity index (χ2n) is 4.87. The van der Waals surface area contributed by atoms with Gasteiger partial charge in [-0.15, -0.1) is 0 Å². The van der Waals surface area contributed by atoms with Crippen LogP contribution in [0.2, 0.25) is 0 Å². The standard InChI is InChI=1S/C16H16F3N/c1-11-6-7-15(12(2)8-11)20-10-13-4-3-5-14(9-13)16(17,18)19/h3-9,20H,10H2,1-2H3. The maximum Gasteiger partial charge on any atom is 0.416 e. The molecule has 0 saturated heterocycles. The molecule has 106 valence electrons. The van der Waals surface area contributed by atoms with Gasteiger partial charge in [0.25, 0.3) is 0 Å². The second-order valence-corrected chi connectivity index (χ2v) is 4.87. The normalized spacial score (nSPS) is 11.4. The van der Waals surface area contributed by atoms with Gasteiger partial charge in [0.05, 0.1) is 5.56 Å². The van der Waals surface area contributed by atoms with Gasteiger partial charge in [0, 0.05) is 12.2 Å². The minimum absolute atomic E-state index is 0.369. The van der Waals surface area contributed by atoms with E-state index in [9.17, 15) is 13.2 Å². The fourth-order valence-electron chi connectivity index (χ4n) is 2.07. The van der Waals surface area contributed by atoms with E-state index in [2.05, 4.69) is 5.32 Å². The fraction of sp³-hybridized carbons (Fsp3) is 0.250. The van der Waals surface area contributed by atoms with Crippen LogP contribution in [0.1, 0.15) is 22.3 Å². The Hall–Kier alpha value is -1.97. The Morgan fingerprint density at radius 1 is 1.00 bits per heavy atom. The van der Waals surface area contributed by atoms with Crippen LogP contribution in [-0.4, -0.2) is 0 Å². The van der Waals surface area contributed by atoms with Crippen molar-refractivity contribution >= 4 is 5.69 Å². The summed E-state index contributed by atoms with van der Waals surface area (Å²) in [6, 6.07) is 11.3. The molecule has 0 aromatic heterocycles. The third-order valence-electron chi connectivity index (χ3n) is 3.12. The minimum Gasteiger partial charge on any atom is -0.381 e. The summed E-state index contributed by atoms with van der Waals surface area (Å²) >= 11 is 0. The minimum atomic E-state index is -4.30. The lowest BCUT2D eigenvalue weighted by Gasteiger charge is -2.12. The van der Waals surface area contributed by atoms with Gasteiger partial charge in [0.1, 0.15) is 0 Å². The molecule has 2 aromatic carbocycles. The van der Waals surface area contributed by atoms with Crippen molar-refractivity contribution in [2.24, 2.45) is 0 Å². The zero-order valence-corrected chi connectivity index (χ0v) is 11.4. The topological polar surface area (TPSA) is 12.0 Å². The molecule has 0 unspecified atom stereocenters. The summed E-state index contributed by atoms with van der Waals surface area (Å²) in [6.45, 7) is 4.35. The van der Waals surface area contributed by atoms with Gasteiger partial charge in [0.2, 0.25) is 0 Å². The van der Waals surface area contributed by atoms with Crippen LogP contribution in [0.15, 0.2) is 42.5 Å². The van der Waals surface area contributed by atoms with Crippen LogP contribution >= 0.6 is 0 Å². The molecule has 0 aliphatic heterocycles. The molecule has 0 radical (unpaired) electrons. The van der Waals surface area contributed by atoms with Crippen molar-refractivity contribution in [2.45, 2.75) is 26.6 Å². The molecule has 0 spiro atoms. The number of nitrogens with one attached hydrogen (secondary N) is 1. The summed E-state index contributed by atoms with van der Waals surface area (Å²) in [5.74, 6) is 0.